The van der Waals surface area contributed by atoms with Gasteiger partial charge in [0.25, 0.3) is 0 Å². The summed E-state index contributed by atoms with van der Waals surface area (Å²) in [6.07, 6.45) is 1.88. The van der Waals surface area contributed by atoms with Gasteiger partial charge in [0.1, 0.15) is 0 Å². The molecule has 0 spiro atoms. The summed E-state index contributed by atoms with van der Waals surface area (Å²) in [4.78, 5) is 14.0. The van der Waals surface area contributed by atoms with Crippen molar-refractivity contribution in [2.24, 2.45) is 5.92 Å². The third kappa shape index (κ3) is 5.33. The van der Waals surface area contributed by atoms with Crippen LogP contribution >= 0.6 is 0 Å². The highest BCUT2D eigenvalue weighted by Gasteiger charge is 2.09. The van der Waals surface area contributed by atoms with E-state index in [-0.39, 0.29) is 11.8 Å². The summed E-state index contributed by atoms with van der Waals surface area (Å²) in [5, 5.41) is 3.00. The summed E-state index contributed by atoms with van der Waals surface area (Å²) >= 11 is 0. The summed E-state index contributed by atoms with van der Waals surface area (Å²) in [5.74, 6) is 0.293. The van der Waals surface area contributed by atoms with Gasteiger partial charge in [-0.25, -0.2) is 0 Å². The Balaban J connectivity index is 2.30. The monoisotopic (exact) mass is 262 g/mol. The number of nitrogens with one attached hydrogen (secondary N) is 1. The molecule has 0 saturated heterocycles. The van der Waals surface area contributed by atoms with Crippen molar-refractivity contribution >= 4 is 11.6 Å². The lowest BCUT2D eigenvalue weighted by atomic mass is 10.1. The predicted molar refractivity (Wildman–Crippen MR) is 81.4 cm³/mol. The van der Waals surface area contributed by atoms with Crippen LogP contribution in [0.3, 0.4) is 0 Å². The third-order valence-corrected chi connectivity index (χ3v) is 3.47. The molecule has 1 aromatic carbocycles. The molecule has 106 valence electrons. The Kier molecular flexibility index (Phi) is 7.01. The zero-order valence-electron chi connectivity index (χ0n) is 12.4. The lowest BCUT2D eigenvalue weighted by Crippen LogP contribution is -2.32. The number of para-hydroxylation sites is 1. The Bertz CT molecular complexity index is 364. The summed E-state index contributed by atoms with van der Waals surface area (Å²) in [7, 11) is 0. The van der Waals surface area contributed by atoms with Crippen LogP contribution in [0, 0.1) is 5.92 Å². The minimum Gasteiger partial charge on any atom is -0.372 e. The quantitative estimate of drug-likeness (QED) is 0.730. The van der Waals surface area contributed by atoms with Crippen LogP contribution in [0.15, 0.2) is 30.3 Å². The zero-order valence-corrected chi connectivity index (χ0v) is 12.4. The first-order valence-corrected chi connectivity index (χ1v) is 7.26. The minimum atomic E-state index is 0.122. The maximum Gasteiger partial charge on any atom is 0.222 e. The molecule has 1 aromatic rings. The fraction of sp³-hybridized carbons (Fsp3) is 0.562. The SMILES string of the molecule is CCC(C)C(=O)NCCCN(CC)c1ccccc1. The van der Waals surface area contributed by atoms with Crippen molar-refractivity contribution in [3.63, 3.8) is 0 Å². The van der Waals surface area contributed by atoms with E-state index in [0.29, 0.717) is 0 Å². The Morgan fingerprint density at radius 3 is 2.53 bits per heavy atom. The maximum atomic E-state index is 11.6. The Morgan fingerprint density at radius 2 is 1.95 bits per heavy atom. The fourth-order valence-electron chi connectivity index (χ4n) is 1.95. The van der Waals surface area contributed by atoms with Crippen molar-refractivity contribution in [2.75, 3.05) is 24.5 Å². The van der Waals surface area contributed by atoms with Gasteiger partial charge in [-0.2, -0.15) is 0 Å². The molecule has 0 aliphatic carbocycles. The molecule has 1 amide bonds. The largest absolute Gasteiger partial charge is 0.372 e. The Labute approximate surface area is 117 Å². The number of benzene rings is 1. The molecule has 0 heterocycles. The van der Waals surface area contributed by atoms with Crippen molar-refractivity contribution in [3.05, 3.63) is 30.3 Å². The number of carbonyl (C=O) groups is 1. The summed E-state index contributed by atoms with van der Waals surface area (Å²) in [6.45, 7) is 8.89. The van der Waals surface area contributed by atoms with Crippen LogP contribution in [-0.2, 0) is 4.79 Å². The van der Waals surface area contributed by atoms with E-state index in [1.165, 1.54) is 5.69 Å². The predicted octanol–water partition coefficient (Wildman–Crippen LogP) is 3.07. The molecule has 3 nitrogen and oxygen atoms in total. The number of hydrogen-bond donors (Lipinski definition) is 1. The normalized spacial score (nSPS) is 11.9. The highest BCUT2D eigenvalue weighted by Crippen LogP contribution is 2.12. The van der Waals surface area contributed by atoms with Gasteiger partial charge in [-0.1, -0.05) is 32.0 Å². The molecule has 19 heavy (non-hydrogen) atoms. The van der Waals surface area contributed by atoms with Gasteiger partial charge in [0.05, 0.1) is 0 Å². The van der Waals surface area contributed by atoms with Crippen LogP contribution in [-0.4, -0.2) is 25.5 Å². The van der Waals surface area contributed by atoms with E-state index in [9.17, 15) is 4.79 Å². The zero-order chi connectivity index (χ0) is 14.1. The van der Waals surface area contributed by atoms with E-state index < -0.39 is 0 Å². The number of anilines is 1. The van der Waals surface area contributed by atoms with Gasteiger partial charge in [-0.3, -0.25) is 4.79 Å². The first-order valence-electron chi connectivity index (χ1n) is 7.26. The van der Waals surface area contributed by atoms with E-state index in [1.54, 1.807) is 0 Å². The molecule has 1 atom stereocenters. The van der Waals surface area contributed by atoms with Gasteiger partial charge in [-0.15, -0.1) is 0 Å². The molecule has 1 N–H and O–H groups in total. The molecular formula is C16H26N2O. The Morgan fingerprint density at radius 1 is 1.26 bits per heavy atom. The van der Waals surface area contributed by atoms with Gasteiger partial charge in [-0.05, 0) is 31.9 Å². The Hall–Kier alpha value is -1.51. The van der Waals surface area contributed by atoms with Gasteiger partial charge in [0, 0.05) is 31.2 Å². The molecule has 0 fully saturated rings. The third-order valence-electron chi connectivity index (χ3n) is 3.47. The first kappa shape index (κ1) is 15.5. The van der Waals surface area contributed by atoms with E-state index >= 15 is 0 Å². The van der Waals surface area contributed by atoms with Crippen LogP contribution in [0.2, 0.25) is 0 Å². The van der Waals surface area contributed by atoms with Crippen molar-refractivity contribution in [1.29, 1.82) is 0 Å². The molecule has 0 aliphatic rings. The second-order valence-electron chi connectivity index (χ2n) is 4.87. The average Bonchev–Trinajstić information content (AvgIpc) is 2.47. The number of amides is 1. The van der Waals surface area contributed by atoms with Crippen LogP contribution in [0.25, 0.3) is 0 Å². The number of nitrogens with zero attached hydrogens (tertiary/aromatic N) is 1. The molecule has 1 rings (SSSR count). The highest BCUT2D eigenvalue weighted by molar-refractivity contribution is 5.78. The molecule has 0 aliphatic heterocycles. The van der Waals surface area contributed by atoms with Crippen LogP contribution < -0.4 is 10.2 Å². The molecule has 0 aromatic heterocycles. The number of hydrogen-bond acceptors (Lipinski definition) is 2. The molecule has 0 bridgehead atoms. The number of carbonyl (C=O) groups excluding carboxylic acids is 1. The van der Waals surface area contributed by atoms with Gasteiger partial charge >= 0.3 is 0 Å². The topological polar surface area (TPSA) is 32.3 Å². The summed E-state index contributed by atoms with van der Waals surface area (Å²) < 4.78 is 0. The van der Waals surface area contributed by atoms with E-state index in [0.717, 1.165) is 32.5 Å². The van der Waals surface area contributed by atoms with Crippen molar-refractivity contribution < 1.29 is 4.79 Å². The summed E-state index contributed by atoms with van der Waals surface area (Å²) in [5.41, 5.74) is 1.25. The van der Waals surface area contributed by atoms with Gasteiger partial charge < -0.3 is 10.2 Å². The first-order chi connectivity index (χ1) is 9.19. The van der Waals surface area contributed by atoms with E-state index in [1.807, 2.05) is 19.9 Å². The maximum absolute atomic E-state index is 11.6. The van der Waals surface area contributed by atoms with E-state index in [2.05, 4.69) is 41.4 Å². The molecule has 3 heteroatoms. The standard InChI is InChI=1S/C16H26N2O/c1-4-14(3)16(19)17-12-9-13-18(5-2)15-10-7-6-8-11-15/h6-8,10-11,14H,4-5,9,12-13H2,1-3H3,(H,17,19). The fourth-order valence-corrected chi connectivity index (χ4v) is 1.95. The molecular weight excluding hydrogens is 236 g/mol. The molecule has 0 saturated carbocycles. The van der Waals surface area contributed by atoms with Crippen molar-refractivity contribution in [2.45, 2.75) is 33.6 Å². The average molecular weight is 262 g/mol. The van der Waals surface area contributed by atoms with Crippen LogP contribution in [0.4, 0.5) is 5.69 Å². The second kappa shape index (κ2) is 8.57. The number of rotatable bonds is 8. The van der Waals surface area contributed by atoms with Gasteiger partial charge in [0.15, 0.2) is 0 Å². The molecule has 1 unspecified atom stereocenters. The highest BCUT2D eigenvalue weighted by atomic mass is 16.1. The van der Waals surface area contributed by atoms with Gasteiger partial charge in [0.2, 0.25) is 5.91 Å². The lowest BCUT2D eigenvalue weighted by molar-refractivity contribution is -0.124. The van der Waals surface area contributed by atoms with E-state index in [4.69, 9.17) is 0 Å². The van der Waals surface area contributed by atoms with Crippen LogP contribution in [0.1, 0.15) is 33.6 Å². The molecule has 0 radical (unpaired) electrons. The smallest absolute Gasteiger partial charge is 0.222 e. The van der Waals surface area contributed by atoms with Crippen molar-refractivity contribution in [3.8, 4) is 0 Å². The van der Waals surface area contributed by atoms with Crippen LogP contribution in [0.5, 0.6) is 0 Å². The summed E-state index contributed by atoms with van der Waals surface area (Å²) in [6, 6.07) is 10.4. The second-order valence-corrected chi connectivity index (χ2v) is 4.87. The van der Waals surface area contributed by atoms with Crippen molar-refractivity contribution in [1.82, 2.24) is 5.32 Å². The lowest BCUT2D eigenvalue weighted by Gasteiger charge is -2.23. The minimum absolute atomic E-state index is 0.122.